The Kier molecular flexibility index (Phi) is 6.51. The number of carbonyl (C=O) groups excluding carboxylic acids is 1. The average molecular weight is 495 g/mol. The zero-order valence-corrected chi connectivity index (χ0v) is 20.3. The number of aromatic nitrogens is 5. The lowest BCUT2D eigenvalue weighted by Crippen LogP contribution is -2.08. The van der Waals surface area contributed by atoms with Gasteiger partial charge in [0.05, 0.1) is 24.8 Å². The van der Waals surface area contributed by atoms with Crippen molar-refractivity contribution in [3.05, 3.63) is 107 Å². The molecular weight excluding hydrogens is 468 g/mol. The maximum atomic E-state index is 13.0. The Morgan fingerprint density at radius 3 is 2.32 bits per heavy atom. The van der Waals surface area contributed by atoms with Gasteiger partial charge < -0.3 is 10.8 Å². The number of benzene rings is 2. The lowest BCUT2D eigenvalue weighted by molar-refractivity contribution is 0.0684. The first-order chi connectivity index (χ1) is 17.9. The van der Waals surface area contributed by atoms with E-state index in [2.05, 4.69) is 15.2 Å². The highest BCUT2D eigenvalue weighted by atomic mass is 16.4. The van der Waals surface area contributed by atoms with E-state index in [0.717, 1.165) is 33.0 Å². The van der Waals surface area contributed by atoms with Crippen LogP contribution in [0.5, 0.6) is 0 Å². The predicted octanol–water partition coefficient (Wildman–Crippen LogP) is 4.13. The first-order valence-corrected chi connectivity index (χ1v) is 11.9. The molecule has 0 saturated carbocycles. The molecule has 9 heteroatoms. The molecule has 0 fully saturated rings. The highest BCUT2D eigenvalue weighted by Crippen LogP contribution is 2.21. The number of hydrogen-bond acceptors (Lipinski definition) is 6. The highest BCUT2D eigenvalue weighted by molar-refractivity contribution is 6.04. The molecule has 0 radical (unpaired) electrons. The number of carboxylic acid groups (broad SMARTS) is 1. The van der Waals surface area contributed by atoms with Gasteiger partial charge in [0.2, 0.25) is 0 Å². The summed E-state index contributed by atoms with van der Waals surface area (Å²) in [6, 6.07) is 15.6. The normalized spacial score (nSPS) is 11.2. The lowest BCUT2D eigenvalue weighted by Gasteiger charge is -2.05. The van der Waals surface area contributed by atoms with E-state index in [1.807, 2.05) is 72.5 Å². The summed E-state index contributed by atoms with van der Waals surface area (Å²) in [5.41, 5.74) is 9.91. The maximum Gasteiger partial charge on any atom is 0.357 e. The summed E-state index contributed by atoms with van der Waals surface area (Å²) in [6.45, 7) is 3.02. The maximum absolute atomic E-state index is 13.0. The van der Waals surface area contributed by atoms with Crippen molar-refractivity contribution >= 4 is 28.3 Å². The number of carboxylic acids is 1. The van der Waals surface area contributed by atoms with Crippen molar-refractivity contribution in [3.63, 3.8) is 0 Å². The Morgan fingerprint density at radius 2 is 1.65 bits per heavy atom. The van der Waals surface area contributed by atoms with Crippen LogP contribution in [0.2, 0.25) is 0 Å². The lowest BCUT2D eigenvalue weighted by atomic mass is 10.0. The molecule has 0 aliphatic rings. The quantitative estimate of drug-likeness (QED) is 0.295. The van der Waals surface area contributed by atoms with E-state index in [0.29, 0.717) is 25.3 Å². The zero-order valence-electron chi connectivity index (χ0n) is 20.3. The van der Waals surface area contributed by atoms with E-state index >= 15 is 0 Å². The van der Waals surface area contributed by atoms with Gasteiger partial charge in [0.1, 0.15) is 5.82 Å². The van der Waals surface area contributed by atoms with Crippen molar-refractivity contribution in [3.8, 4) is 0 Å². The summed E-state index contributed by atoms with van der Waals surface area (Å²) in [4.78, 5) is 28.9. The van der Waals surface area contributed by atoms with E-state index in [4.69, 9.17) is 5.73 Å². The molecule has 0 saturated heterocycles. The van der Waals surface area contributed by atoms with Gasteiger partial charge in [-0.2, -0.15) is 10.2 Å². The summed E-state index contributed by atoms with van der Waals surface area (Å²) in [5.74, 6) is -1.02. The second kappa shape index (κ2) is 10.1. The molecule has 0 spiro atoms. The molecule has 0 amide bonds. The number of anilines is 1. The molecule has 0 aliphatic carbocycles. The van der Waals surface area contributed by atoms with Crippen molar-refractivity contribution < 1.29 is 14.7 Å². The fourth-order valence-corrected chi connectivity index (χ4v) is 4.34. The molecule has 5 rings (SSSR count). The van der Waals surface area contributed by atoms with Gasteiger partial charge >= 0.3 is 5.97 Å². The Labute approximate surface area is 213 Å². The third-order valence-electron chi connectivity index (χ3n) is 6.24. The summed E-state index contributed by atoms with van der Waals surface area (Å²) < 4.78 is 3.38. The molecule has 0 aliphatic heterocycles. The van der Waals surface area contributed by atoms with Crippen molar-refractivity contribution in [1.29, 1.82) is 0 Å². The first-order valence-electron chi connectivity index (χ1n) is 11.9. The Bertz CT molecular complexity index is 1600. The molecule has 9 nitrogen and oxygen atoms in total. The van der Waals surface area contributed by atoms with E-state index in [1.54, 1.807) is 6.20 Å². The molecule has 0 bridgehead atoms. The summed E-state index contributed by atoms with van der Waals surface area (Å²) in [7, 11) is 0. The van der Waals surface area contributed by atoms with Crippen LogP contribution in [-0.4, -0.2) is 41.4 Å². The Balaban J connectivity index is 1.27. The van der Waals surface area contributed by atoms with Crippen LogP contribution in [0.15, 0.2) is 73.3 Å². The number of Topliss-reactive ketones (excluding diaryl/α,β-unsaturated/α-hetero) is 1. The number of aryl methyl sites for hydroxylation is 2. The molecule has 37 heavy (non-hydrogen) atoms. The van der Waals surface area contributed by atoms with E-state index < -0.39 is 5.97 Å². The van der Waals surface area contributed by atoms with Gasteiger partial charge in [-0.05, 0) is 47.1 Å². The fourth-order valence-electron chi connectivity index (χ4n) is 4.34. The number of ketones is 1. The summed E-state index contributed by atoms with van der Waals surface area (Å²) >= 11 is 0. The second-order valence-electron chi connectivity index (χ2n) is 9.10. The first kappa shape index (κ1) is 23.9. The van der Waals surface area contributed by atoms with Gasteiger partial charge in [-0.1, -0.05) is 42.5 Å². The minimum Gasteiger partial charge on any atom is -0.476 e. The van der Waals surface area contributed by atoms with Crippen LogP contribution < -0.4 is 5.73 Å². The number of nitrogen functional groups attached to an aromatic ring is 1. The highest BCUT2D eigenvalue weighted by Gasteiger charge is 2.21. The number of aromatic carboxylic acids is 1. The largest absolute Gasteiger partial charge is 0.476 e. The number of nitrogens with two attached hydrogens (primary N) is 1. The van der Waals surface area contributed by atoms with Crippen LogP contribution in [0, 0.1) is 6.92 Å². The van der Waals surface area contributed by atoms with Crippen molar-refractivity contribution in [2.45, 2.75) is 32.9 Å². The standard InChI is InChI=1S/C28H26N6O3/c1-18-13-31-33(14-18)15-20-2-4-21(5-3-20)16-34-17-24(26(32-34)28(36)37)25(35)9-7-19-6-8-23-22(12-19)10-11-30-27(23)29/h2-6,8,10-14,17H,7,9,15-16H2,1H3,(H2,29,30)(H,36,37). The van der Waals surface area contributed by atoms with Gasteiger partial charge in [0.15, 0.2) is 11.5 Å². The van der Waals surface area contributed by atoms with Crippen molar-refractivity contribution in [1.82, 2.24) is 24.5 Å². The minimum atomic E-state index is -1.22. The molecular formula is C28H26N6O3. The molecule has 5 aromatic rings. The summed E-state index contributed by atoms with van der Waals surface area (Å²) in [5, 5.41) is 19.9. The molecule has 3 N–H and O–H groups in total. The van der Waals surface area contributed by atoms with E-state index in [9.17, 15) is 14.7 Å². The van der Waals surface area contributed by atoms with Crippen LogP contribution in [0.3, 0.4) is 0 Å². The van der Waals surface area contributed by atoms with Crippen LogP contribution in [0.1, 0.15) is 49.5 Å². The van der Waals surface area contributed by atoms with Gasteiger partial charge in [-0.15, -0.1) is 0 Å². The number of hydrogen-bond donors (Lipinski definition) is 2. The third kappa shape index (κ3) is 5.40. The van der Waals surface area contributed by atoms with Crippen molar-refractivity contribution in [2.75, 3.05) is 5.73 Å². The van der Waals surface area contributed by atoms with Crippen LogP contribution >= 0.6 is 0 Å². The predicted molar refractivity (Wildman–Crippen MR) is 140 cm³/mol. The van der Waals surface area contributed by atoms with Gasteiger partial charge in [0, 0.05) is 30.4 Å². The molecule has 0 unspecified atom stereocenters. The van der Waals surface area contributed by atoms with Gasteiger partial charge in [-0.3, -0.25) is 14.2 Å². The number of rotatable bonds is 9. The Hall–Kier alpha value is -4.79. The molecule has 0 atom stereocenters. The number of fused-ring (bicyclic) bond motifs is 1. The third-order valence-corrected chi connectivity index (χ3v) is 6.24. The molecule has 2 aromatic carbocycles. The second-order valence-corrected chi connectivity index (χ2v) is 9.10. The van der Waals surface area contributed by atoms with Crippen LogP contribution in [-0.2, 0) is 19.5 Å². The monoisotopic (exact) mass is 494 g/mol. The topological polar surface area (TPSA) is 129 Å². The Morgan fingerprint density at radius 1 is 0.946 bits per heavy atom. The molecule has 186 valence electrons. The van der Waals surface area contributed by atoms with Crippen molar-refractivity contribution in [2.24, 2.45) is 0 Å². The number of nitrogens with zero attached hydrogens (tertiary/aromatic N) is 5. The van der Waals surface area contributed by atoms with Crippen LogP contribution in [0.25, 0.3) is 10.8 Å². The molecule has 3 aromatic heterocycles. The smallest absolute Gasteiger partial charge is 0.357 e. The van der Waals surface area contributed by atoms with E-state index in [1.165, 1.54) is 10.9 Å². The number of pyridine rings is 1. The number of carbonyl (C=O) groups is 2. The van der Waals surface area contributed by atoms with Crippen LogP contribution in [0.4, 0.5) is 5.82 Å². The SMILES string of the molecule is Cc1cnn(Cc2ccc(Cn3cc(C(=O)CCc4ccc5c(N)nccc5c4)c(C(=O)O)n3)cc2)c1. The van der Waals surface area contributed by atoms with E-state index in [-0.39, 0.29) is 23.5 Å². The fraction of sp³-hybridized carbons (Fsp3) is 0.179. The average Bonchev–Trinajstić information content (AvgIpc) is 3.50. The van der Waals surface area contributed by atoms with Gasteiger partial charge in [-0.25, -0.2) is 9.78 Å². The molecule has 3 heterocycles. The minimum absolute atomic E-state index is 0.118. The van der Waals surface area contributed by atoms with Gasteiger partial charge in [0.25, 0.3) is 0 Å². The zero-order chi connectivity index (χ0) is 25.9. The summed E-state index contributed by atoms with van der Waals surface area (Å²) in [6.07, 6.45) is 7.61.